The Labute approximate surface area is 360 Å². The van der Waals surface area contributed by atoms with Crippen molar-refractivity contribution in [3.8, 4) is 10.6 Å². The molecule has 0 bridgehead atoms. The van der Waals surface area contributed by atoms with Gasteiger partial charge in [0.1, 0.15) is 28.7 Å². The zero-order chi connectivity index (χ0) is 43.7. The van der Waals surface area contributed by atoms with Gasteiger partial charge in [0, 0.05) is 32.3 Å². The van der Waals surface area contributed by atoms with Gasteiger partial charge in [0.05, 0.1) is 45.6 Å². The van der Waals surface area contributed by atoms with Crippen LogP contribution in [0.5, 0.6) is 0 Å². The number of rotatable bonds is 10. The monoisotopic (exact) mass is 946 g/mol. The quantitative estimate of drug-likeness (QED) is 0.0881. The van der Waals surface area contributed by atoms with E-state index >= 15 is 0 Å². The highest BCUT2D eigenvalue weighted by atomic mass is 35.6. The number of benzene rings is 1. The van der Waals surface area contributed by atoms with E-state index in [-0.39, 0.29) is 59.0 Å². The summed E-state index contributed by atoms with van der Waals surface area (Å²) in [6.07, 6.45) is -5.35. The number of sulfone groups is 1. The first-order valence-electron chi connectivity index (χ1n) is 17.6. The van der Waals surface area contributed by atoms with Gasteiger partial charge in [-0.25, -0.2) is 32.8 Å². The van der Waals surface area contributed by atoms with Crippen molar-refractivity contribution in [1.82, 2.24) is 25.1 Å². The number of carbonyl (C=O) groups is 4. The molecule has 15 nitrogen and oxygen atoms in total. The van der Waals surface area contributed by atoms with Crippen LogP contribution in [0.1, 0.15) is 60.0 Å². The van der Waals surface area contributed by atoms with Crippen molar-refractivity contribution in [3.05, 3.63) is 51.0 Å². The lowest BCUT2D eigenvalue weighted by molar-refractivity contribution is -0.147. The summed E-state index contributed by atoms with van der Waals surface area (Å²) in [5.41, 5.74) is -1.58. The molecule has 2 aliphatic rings. The van der Waals surface area contributed by atoms with E-state index in [1.54, 1.807) is 20.8 Å². The standard InChI is InChI=1S/C35H37Cl4F3N6O9S2/c1-33(2,3)57-31(51)43-7-5-6-8-47-9-10-59(53,54)25-14-24(58-27(25)28(47)49)26-20(35(40,41)42)15-44-30(46-26)45-22-12-18-13-23(29(50)55-4)48(16-19(18)11-21(22)36)32(52)56-17-34(37,38)39/h11-12,14-15,23H,5-10,13,16-17H2,1-4H3,(H,43,51)(H,44,45,46). The Balaban J connectivity index is 1.40. The van der Waals surface area contributed by atoms with Crippen LogP contribution < -0.4 is 10.6 Å². The molecule has 322 valence electrons. The van der Waals surface area contributed by atoms with Gasteiger partial charge >= 0.3 is 24.3 Å². The molecule has 2 aliphatic heterocycles. The number of alkyl carbamates (subject to hydrolysis) is 1. The Kier molecular flexibility index (Phi) is 14.1. The largest absolute Gasteiger partial charge is 0.467 e. The van der Waals surface area contributed by atoms with Crippen LogP contribution in [-0.4, -0.2) is 107 Å². The number of halogens is 7. The summed E-state index contributed by atoms with van der Waals surface area (Å²) in [6.45, 7) is 4.57. The fourth-order valence-electron chi connectivity index (χ4n) is 6.03. The summed E-state index contributed by atoms with van der Waals surface area (Å²) in [7, 11) is -2.99. The fourth-order valence-corrected chi connectivity index (χ4v) is 9.38. The number of unbranched alkanes of at least 4 members (excludes halogenated alkanes) is 1. The first-order valence-corrected chi connectivity index (χ1v) is 21.6. The number of fused-ring (bicyclic) bond motifs is 2. The predicted molar refractivity (Wildman–Crippen MR) is 213 cm³/mol. The minimum Gasteiger partial charge on any atom is -0.467 e. The van der Waals surface area contributed by atoms with Crippen molar-refractivity contribution in [2.24, 2.45) is 0 Å². The number of methoxy groups -OCH3 is 1. The zero-order valence-electron chi connectivity index (χ0n) is 31.7. The second kappa shape index (κ2) is 18.0. The minimum absolute atomic E-state index is 0.0279. The third-order valence-corrected chi connectivity index (χ3v) is 12.3. The summed E-state index contributed by atoms with van der Waals surface area (Å²) in [4.78, 5) is 60.7. The Morgan fingerprint density at radius 3 is 2.42 bits per heavy atom. The van der Waals surface area contributed by atoms with Gasteiger partial charge in [-0.2, -0.15) is 13.2 Å². The van der Waals surface area contributed by atoms with Crippen LogP contribution in [0.4, 0.5) is 34.4 Å². The van der Waals surface area contributed by atoms with Gasteiger partial charge in [-0.1, -0.05) is 46.4 Å². The van der Waals surface area contributed by atoms with Gasteiger partial charge in [0.15, 0.2) is 9.84 Å². The molecule has 0 spiro atoms. The molecule has 0 fully saturated rings. The number of hydrogen-bond acceptors (Lipinski definition) is 13. The maximum Gasteiger partial charge on any atom is 0.420 e. The summed E-state index contributed by atoms with van der Waals surface area (Å²) >= 11 is 24.2. The van der Waals surface area contributed by atoms with Crippen molar-refractivity contribution in [2.75, 3.05) is 44.4 Å². The minimum atomic E-state index is -4.99. The van der Waals surface area contributed by atoms with Gasteiger partial charge in [0.25, 0.3) is 5.91 Å². The molecular weight excluding hydrogens is 911 g/mol. The third kappa shape index (κ3) is 11.7. The Hall–Kier alpha value is -3.82. The molecule has 3 aromatic rings. The lowest BCUT2D eigenvalue weighted by atomic mass is 9.93. The summed E-state index contributed by atoms with van der Waals surface area (Å²) in [6, 6.07) is 2.79. The molecule has 4 heterocycles. The van der Waals surface area contributed by atoms with Gasteiger partial charge in [0.2, 0.25) is 9.74 Å². The number of anilines is 2. The fraction of sp³-hybridized carbons (Fsp3) is 0.486. The van der Waals surface area contributed by atoms with Crippen molar-refractivity contribution >= 4 is 103 Å². The highest BCUT2D eigenvalue weighted by Crippen LogP contribution is 2.43. The van der Waals surface area contributed by atoms with E-state index in [2.05, 4.69) is 20.6 Å². The van der Waals surface area contributed by atoms with Crippen molar-refractivity contribution in [3.63, 3.8) is 0 Å². The Morgan fingerprint density at radius 2 is 1.78 bits per heavy atom. The van der Waals surface area contributed by atoms with E-state index in [1.807, 2.05) is 0 Å². The molecule has 24 heteroatoms. The van der Waals surface area contributed by atoms with Crippen molar-refractivity contribution in [1.29, 1.82) is 0 Å². The lowest BCUT2D eigenvalue weighted by Crippen LogP contribution is -2.49. The molecule has 2 aromatic heterocycles. The molecule has 0 radical (unpaired) electrons. The third-order valence-electron chi connectivity index (χ3n) is 8.73. The van der Waals surface area contributed by atoms with Crippen molar-refractivity contribution in [2.45, 2.75) is 73.1 Å². The van der Waals surface area contributed by atoms with E-state index in [1.165, 1.54) is 17.0 Å². The number of aromatic nitrogens is 2. The number of ether oxygens (including phenoxy) is 3. The molecule has 59 heavy (non-hydrogen) atoms. The van der Waals surface area contributed by atoms with Gasteiger partial charge in [-0.3, -0.25) is 9.69 Å². The number of nitrogens with zero attached hydrogens (tertiary/aromatic N) is 4. The molecule has 5 rings (SSSR count). The molecule has 0 saturated carbocycles. The second-order valence-corrected chi connectivity index (χ2v) is 20.3. The maximum absolute atomic E-state index is 14.4. The number of amides is 3. The summed E-state index contributed by atoms with van der Waals surface area (Å²) < 4.78 is 83.2. The number of alkyl halides is 6. The van der Waals surface area contributed by atoms with Gasteiger partial charge in [-0.15, -0.1) is 11.3 Å². The molecule has 1 atom stereocenters. The maximum atomic E-state index is 14.4. The van der Waals surface area contributed by atoms with Crippen LogP contribution in [-0.2, 0) is 48.0 Å². The summed E-state index contributed by atoms with van der Waals surface area (Å²) in [5.74, 6) is -2.30. The number of thiophene rings is 1. The lowest BCUT2D eigenvalue weighted by Gasteiger charge is -2.35. The van der Waals surface area contributed by atoms with Crippen LogP contribution in [0.15, 0.2) is 29.3 Å². The molecule has 0 aliphatic carbocycles. The molecule has 3 amide bonds. The van der Waals surface area contributed by atoms with Crippen LogP contribution in [0, 0.1) is 0 Å². The second-order valence-electron chi connectivity index (χ2n) is 14.3. The molecular formula is C35H37Cl4F3N6O9S2. The van der Waals surface area contributed by atoms with Crippen LogP contribution >= 0.6 is 57.7 Å². The zero-order valence-corrected chi connectivity index (χ0v) is 36.3. The first-order chi connectivity index (χ1) is 27.4. The smallest absolute Gasteiger partial charge is 0.420 e. The average molecular weight is 949 g/mol. The molecule has 2 N–H and O–H groups in total. The number of nitrogens with one attached hydrogen (secondary N) is 2. The molecule has 0 saturated heterocycles. The number of esters is 1. The number of carbonyl (C=O) groups excluding carboxylic acids is 4. The highest BCUT2D eigenvalue weighted by Gasteiger charge is 2.40. The van der Waals surface area contributed by atoms with E-state index in [0.717, 1.165) is 18.1 Å². The normalized spacial score (nSPS) is 16.7. The Bertz CT molecular complexity index is 2230. The first kappa shape index (κ1) is 46.2. The predicted octanol–water partition coefficient (Wildman–Crippen LogP) is 7.56. The van der Waals surface area contributed by atoms with E-state index in [4.69, 9.17) is 60.6 Å². The van der Waals surface area contributed by atoms with E-state index in [0.29, 0.717) is 41.5 Å². The van der Waals surface area contributed by atoms with Crippen molar-refractivity contribution < 1.29 is 55.0 Å². The van der Waals surface area contributed by atoms with Gasteiger partial charge < -0.3 is 29.7 Å². The van der Waals surface area contributed by atoms with E-state index in [9.17, 15) is 40.8 Å². The van der Waals surface area contributed by atoms with Crippen LogP contribution in [0.25, 0.3) is 10.6 Å². The SMILES string of the molecule is COC(=O)C1Cc2cc(Nc3ncc(C(F)(F)F)c(-c4cc5c(s4)C(=O)N(CCCCNC(=O)OC(C)(C)C)CCS5(=O)=O)n3)c(Cl)cc2CN1C(=O)OCC(Cl)(Cl)Cl. The molecule has 1 aromatic carbocycles. The number of hydrogen-bond donors (Lipinski definition) is 2. The molecule has 1 unspecified atom stereocenters. The van der Waals surface area contributed by atoms with Crippen LogP contribution in [0.3, 0.4) is 0 Å². The van der Waals surface area contributed by atoms with Gasteiger partial charge in [-0.05, 0) is 62.9 Å². The highest BCUT2D eigenvalue weighted by molar-refractivity contribution is 7.91. The van der Waals surface area contributed by atoms with E-state index < -0.39 is 84.0 Å². The Morgan fingerprint density at radius 1 is 1.07 bits per heavy atom. The average Bonchev–Trinajstić information content (AvgIpc) is 3.56. The van der Waals surface area contributed by atoms with Crippen LogP contribution in [0.2, 0.25) is 5.02 Å². The topological polar surface area (TPSA) is 186 Å². The summed E-state index contributed by atoms with van der Waals surface area (Å²) in [5, 5.41) is 5.42.